The first-order chi connectivity index (χ1) is 8.26. The molecule has 0 aliphatic rings. The lowest BCUT2D eigenvalue weighted by atomic mass is 10.2. The standard InChI is InChI=1S/C12H24N4O/c1-4-6-11(3)17-8-7-16-10-12(14-15-16)9-13-5-2/h10-11,13H,4-9H2,1-3H3. The first-order valence-electron chi connectivity index (χ1n) is 6.47. The van der Waals surface area contributed by atoms with E-state index < -0.39 is 0 Å². The van der Waals surface area contributed by atoms with Crippen LogP contribution in [0.3, 0.4) is 0 Å². The lowest BCUT2D eigenvalue weighted by molar-refractivity contribution is 0.0526. The number of hydrogen-bond donors (Lipinski definition) is 1. The first-order valence-corrected chi connectivity index (χ1v) is 6.47. The van der Waals surface area contributed by atoms with Crippen molar-refractivity contribution in [2.45, 2.75) is 52.8 Å². The number of aromatic nitrogens is 3. The monoisotopic (exact) mass is 240 g/mol. The average molecular weight is 240 g/mol. The maximum absolute atomic E-state index is 5.67. The number of nitrogens with one attached hydrogen (secondary N) is 1. The molecule has 1 rings (SSSR count). The Bertz CT molecular complexity index is 300. The minimum atomic E-state index is 0.338. The summed E-state index contributed by atoms with van der Waals surface area (Å²) >= 11 is 0. The molecule has 5 heteroatoms. The molecule has 0 saturated carbocycles. The lowest BCUT2D eigenvalue weighted by Gasteiger charge is -2.11. The van der Waals surface area contributed by atoms with Crippen molar-refractivity contribution in [3.8, 4) is 0 Å². The van der Waals surface area contributed by atoms with Crippen molar-refractivity contribution in [1.29, 1.82) is 0 Å². The minimum Gasteiger partial charge on any atom is -0.377 e. The molecular formula is C12H24N4O. The molecule has 1 heterocycles. The quantitative estimate of drug-likeness (QED) is 0.712. The van der Waals surface area contributed by atoms with Crippen molar-refractivity contribution < 1.29 is 4.74 Å². The van der Waals surface area contributed by atoms with E-state index in [1.54, 1.807) is 0 Å². The fraction of sp³-hybridized carbons (Fsp3) is 0.833. The van der Waals surface area contributed by atoms with Crippen LogP contribution in [-0.2, 0) is 17.8 Å². The third-order valence-corrected chi connectivity index (χ3v) is 2.56. The van der Waals surface area contributed by atoms with E-state index in [2.05, 4.69) is 36.4 Å². The number of hydrogen-bond acceptors (Lipinski definition) is 4. The van der Waals surface area contributed by atoms with Gasteiger partial charge in [0.25, 0.3) is 0 Å². The van der Waals surface area contributed by atoms with Crippen LogP contribution in [0.4, 0.5) is 0 Å². The van der Waals surface area contributed by atoms with Gasteiger partial charge in [0.15, 0.2) is 0 Å². The van der Waals surface area contributed by atoms with E-state index in [9.17, 15) is 0 Å². The van der Waals surface area contributed by atoms with Gasteiger partial charge in [0.1, 0.15) is 0 Å². The van der Waals surface area contributed by atoms with Crippen molar-refractivity contribution >= 4 is 0 Å². The minimum absolute atomic E-state index is 0.338. The highest BCUT2D eigenvalue weighted by Gasteiger charge is 2.02. The molecule has 1 unspecified atom stereocenters. The average Bonchev–Trinajstić information content (AvgIpc) is 2.75. The van der Waals surface area contributed by atoms with Gasteiger partial charge in [-0.2, -0.15) is 0 Å². The van der Waals surface area contributed by atoms with Gasteiger partial charge in [-0.1, -0.05) is 25.5 Å². The first kappa shape index (κ1) is 14.1. The van der Waals surface area contributed by atoms with Gasteiger partial charge in [-0.25, -0.2) is 4.68 Å². The third-order valence-electron chi connectivity index (χ3n) is 2.56. The Balaban J connectivity index is 2.20. The molecule has 1 aromatic heterocycles. The molecule has 1 atom stereocenters. The molecule has 0 amide bonds. The molecule has 0 aliphatic heterocycles. The van der Waals surface area contributed by atoms with Crippen molar-refractivity contribution in [2.24, 2.45) is 0 Å². The molecule has 17 heavy (non-hydrogen) atoms. The molecule has 1 aromatic rings. The predicted octanol–water partition coefficient (Wildman–Crippen LogP) is 1.59. The van der Waals surface area contributed by atoms with Gasteiger partial charge in [0.05, 0.1) is 24.9 Å². The summed E-state index contributed by atoms with van der Waals surface area (Å²) in [5, 5.41) is 11.4. The zero-order valence-electron chi connectivity index (χ0n) is 11.1. The molecule has 0 radical (unpaired) electrons. The zero-order chi connectivity index (χ0) is 12.5. The molecule has 0 saturated heterocycles. The summed E-state index contributed by atoms with van der Waals surface area (Å²) in [4.78, 5) is 0. The number of rotatable bonds is 9. The highest BCUT2D eigenvalue weighted by atomic mass is 16.5. The van der Waals surface area contributed by atoms with Crippen LogP contribution in [0.1, 0.15) is 39.3 Å². The van der Waals surface area contributed by atoms with Crippen LogP contribution in [-0.4, -0.2) is 34.2 Å². The van der Waals surface area contributed by atoms with E-state index >= 15 is 0 Å². The van der Waals surface area contributed by atoms with Crippen LogP contribution < -0.4 is 5.32 Å². The van der Waals surface area contributed by atoms with Gasteiger partial charge in [-0.3, -0.25) is 0 Å². The van der Waals surface area contributed by atoms with Crippen LogP contribution >= 0.6 is 0 Å². The van der Waals surface area contributed by atoms with Gasteiger partial charge in [-0.05, 0) is 19.9 Å². The number of nitrogens with zero attached hydrogens (tertiary/aromatic N) is 3. The van der Waals surface area contributed by atoms with Crippen LogP contribution in [0.15, 0.2) is 6.20 Å². The topological polar surface area (TPSA) is 52.0 Å². The Morgan fingerprint density at radius 1 is 1.47 bits per heavy atom. The normalized spacial score (nSPS) is 12.9. The fourth-order valence-corrected chi connectivity index (χ4v) is 1.62. The summed E-state index contributed by atoms with van der Waals surface area (Å²) in [7, 11) is 0. The second-order valence-electron chi connectivity index (χ2n) is 4.22. The van der Waals surface area contributed by atoms with Gasteiger partial charge in [0, 0.05) is 12.7 Å². The largest absolute Gasteiger partial charge is 0.377 e. The fourth-order valence-electron chi connectivity index (χ4n) is 1.62. The van der Waals surface area contributed by atoms with E-state index in [0.717, 1.165) is 38.2 Å². The third kappa shape index (κ3) is 5.79. The van der Waals surface area contributed by atoms with E-state index in [4.69, 9.17) is 4.74 Å². The molecule has 0 aliphatic carbocycles. The molecule has 0 fully saturated rings. The predicted molar refractivity (Wildman–Crippen MR) is 67.7 cm³/mol. The Hall–Kier alpha value is -0.940. The molecule has 1 N–H and O–H groups in total. The second kappa shape index (κ2) is 8.20. The zero-order valence-corrected chi connectivity index (χ0v) is 11.1. The molecule has 0 spiro atoms. The van der Waals surface area contributed by atoms with E-state index in [0.29, 0.717) is 12.7 Å². The molecule has 98 valence electrons. The molecular weight excluding hydrogens is 216 g/mol. The highest BCUT2D eigenvalue weighted by Crippen LogP contribution is 2.01. The van der Waals surface area contributed by atoms with Crippen molar-refractivity contribution in [3.63, 3.8) is 0 Å². The van der Waals surface area contributed by atoms with E-state index in [1.807, 2.05) is 10.9 Å². The molecule has 5 nitrogen and oxygen atoms in total. The van der Waals surface area contributed by atoms with Crippen LogP contribution in [0, 0.1) is 0 Å². The van der Waals surface area contributed by atoms with E-state index in [-0.39, 0.29) is 0 Å². The van der Waals surface area contributed by atoms with Crippen LogP contribution in [0.5, 0.6) is 0 Å². The maximum Gasteiger partial charge on any atom is 0.0964 e. The summed E-state index contributed by atoms with van der Waals surface area (Å²) in [6.45, 7) is 9.56. The second-order valence-corrected chi connectivity index (χ2v) is 4.22. The van der Waals surface area contributed by atoms with Gasteiger partial charge >= 0.3 is 0 Å². The van der Waals surface area contributed by atoms with Gasteiger partial charge in [0.2, 0.25) is 0 Å². The summed E-state index contributed by atoms with van der Waals surface area (Å²) in [5.41, 5.74) is 0.980. The summed E-state index contributed by atoms with van der Waals surface area (Å²) < 4.78 is 7.51. The Morgan fingerprint density at radius 2 is 2.29 bits per heavy atom. The molecule has 0 aromatic carbocycles. The smallest absolute Gasteiger partial charge is 0.0964 e. The Morgan fingerprint density at radius 3 is 3.00 bits per heavy atom. The van der Waals surface area contributed by atoms with Crippen LogP contribution in [0.2, 0.25) is 0 Å². The lowest BCUT2D eigenvalue weighted by Crippen LogP contribution is -2.13. The van der Waals surface area contributed by atoms with Crippen molar-refractivity contribution in [1.82, 2.24) is 20.3 Å². The van der Waals surface area contributed by atoms with Crippen molar-refractivity contribution in [3.05, 3.63) is 11.9 Å². The maximum atomic E-state index is 5.67. The van der Waals surface area contributed by atoms with Crippen molar-refractivity contribution in [2.75, 3.05) is 13.2 Å². The summed E-state index contributed by atoms with van der Waals surface area (Å²) in [5.74, 6) is 0. The highest BCUT2D eigenvalue weighted by molar-refractivity contribution is 4.91. The van der Waals surface area contributed by atoms with E-state index in [1.165, 1.54) is 0 Å². The summed E-state index contributed by atoms with van der Waals surface area (Å²) in [6, 6.07) is 0. The molecule has 0 bridgehead atoms. The number of ether oxygens (including phenoxy) is 1. The SMILES string of the molecule is CCCC(C)OCCn1cc(CNCC)nn1. The van der Waals surface area contributed by atoms with Gasteiger partial charge in [-0.15, -0.1) is 5.10 Å². The Labute approximate surface area is 104 Å². The Kier molecular flexibility index (Phi) is 6.81. The van der Waals surface area contributed by atoms with Crippen LogP contribution in [0.25, 0.3) is 0 Å². The van der Waals surface area contributed by atoms with Gasteiger partial charge < -0.3 is 10.1 Å². The summed E-state index contributed by atoms with van der Waals surface area (Å²) in [6.07, 6.45) is 4.58.